The van der Waals surface area contributed by atoms with E-state index in [0.29, 0.717) is 18.2 Å². The van der Waals surface area contributed by atoms with Crippen LogP contribution in [0.5, 0.6) is 5.75 Å². The largest absolute Gasteiger partial charge is 0.483 e. The number of carbonyl (C=O) groups is 2. The summed E-state index contributed by atoms with van der Waals surface area (Å²) in [6.45, 7) is 4.71. The molecule has 33 heavy (non-hydrogen) atoms. The normalized spacial score (nSPS) is 23.4. The maximum Gasteiger partial charge on any atom is 0.260 e. The van der Waals surface area contributed by atoms with Crippen molar-refractivity contribution in [1.29, 1.82) is 0 Å². The summed E-state index contributed by atoms with van der Waals surface area (Å²) in [6, 6.07) is 8.09. The number of amides is 2. The van der Waals surface area contributed by atoms with Crippen molar-refractivity contribution in [2.45, 2.75) is 57.8 Å². The fraction of sp³-hybridized carbons (Fsp3) is 0.704. The molecule has 3 aliphatic rings. The highest BCUT2D eigenvalue weighted by Crippen LogP contribution is 2.38. The fourth-order valence-electron chi connectivity index (χ4n) is 5.87. The molecule has 0 N–H and O–H groups in total. The van der Waals surface area contributed by atoms with E-state index in [0.717, 1.165) is 89.8 Å². The van der Waals surface area contributed by atoms with Gasteiger partial charge in [0.15, 0.2) is 6.61 Å². The van der Waals surface area contributed by atoms with Gasteiger partial charge in [0.25, 0.3) is 5.91 Å². The zero-order chi connectivity index (χ0) is 23.3. The van der Waals surface area contributed by atoms with Crippen LogP contribution >= 0.6 is 0 Å². The van der Waals surface area contributed by atoms with Gasteiger partial charge >= 0.3 is 0 Å². The van der Waals surface area contributed by atoms with Gasteiger partial charge in [0.2, 0.25) is 5.91 Å². The number of ether oxygens (including phenoxy) is 1. The first-order chi connectivity index (χ1) is 15.9. The SMILES string of the molecule is CN1CCC(CC(=O)N2CCC3(CCCCc4ccccc4OCC(=O)N(C)C3)CC2)CC1. The van der Waals surface area contributed by atoms with Crippen molar-refractivity contribution in [3.8, 4) is 5.75 Å². The number of fused-ring (bicyclic) bond motifs is 1. The van der Waals surface area contributed by atoms with Gasteiger partial charge in [-0.05, 0) is 88.0 Å². The smallest absolute Gasteiger partial charge is 0.260 e. The molecule has 3 heterocycles. The lowest BCUT2D eigenvalue weighted by molar-refractivity contribution is -0.138. The Labute approximate surface area is 199 Å². The molecule has 6 heteroatoms. The molecule has 2 amide bonds. The summed E-state index contributed by atoms with van der Waals surface area (Å²) in [4.78, 5) is 32.1. The van der Waals surface area contributed by atoms with E-state index in [4.69, 9.17) is 4.74 Å². The first-order valence-electron chi connectivity index (χ1n) is 12.9. The number of piperidine rings is 2. The number of likely N-dealkylation sites (tertiary alicyclic amines) is 2. The number of hydrogen-bond donors (Lipinski definition) is 0. The number of rotatable bonds is 2. The van der Waals surface area contributed by atoms with E-state index in [1.54, 1.807) is 0 Å². The van der Waals surface area contributed by atoms with Crippen LogP contribution in [0.15, 0.2) is 24.3 Å². The van der Waals surface area contributed by atoms with Gasteiger partial charge in [-0.2, -0.15) is 0 Å². The lowest BCUT2D eigenvalue weighted by atomic mass is 9.73. The first kappa shape index (κ1) is 24.1. The minimum atomic E-state index is 0.0329. The summed E-state index contributed by atoms with van der Waals surface area (Å²) in [7, 11) is 4.07. The van der Waals surface area contributed by atoms with E-state index in [2.05, 4.69) is 22.9 Å². The minimum Gasteiger partial charge on any atom is -0.483 e. The summed E-state index contributed by atoms with van der Waals surface area (Å²) in [5, 5.41) is 0. The predicted molar refractivity (Wildman–Crippen MR) is 130 cm³/mol. The average molecular weight is 456 g/mol. The summed E-state index contributed by atoms with van der Waals surface area (Å²) in [5.41, 5.74) is 1.30. The Balaban J connectivity index is 1.35. The highest BCUT2D eigenvalue weighted by molar-refractivity contribution is 5.78. The standard InChI is InChI=1S/C27H41N3O3/c1-28-15-10-22(11-16-28)19-25(31)30-17-13-27(14-18-30)12-6-5-8-23-7-3-4-9-24(23)33-20-26(32)29(2)21-27/h3-4,7,9,22H,5-6,8,10-21H2,1-2H3. The molecular formula is C27H41N3O3. The Morgan fingerprint density at radius 1 is 1.03 bits per heavy atom. The molecule has 0 bridgehead atoms. The molecule has 1 aromatic carbocycles. The summed E-state index contributed by atoms with van der Waals surface area (Å²) < 4.78 is 5.90. The van der Waals surface area contributed by atoms with Crippen LogP contribution in [0, 0.1) is 11.3 Å². The highest BCUT2D eigenvalue weighted by atomic mass is 16.5. The number of aryl methyl sites for hydroxylation is 1. The van der Waals surface area contributed by atoms with Gasteiger partial charge < -0.3 is 19.4 Å². The van der Waals surface area contributed by atoms with E-state index in [-0.39, 0.29) is 17.9 Å². The van der Waals surface area contributed by atoms with Crippen LogP contribution in [0.25, 0.3) is 0 Å². The predicted octanol–water partition coefficient (Wildman–Crippen LogP) is 3.59. The molecule has 0 atom stereocenters. The van der Waals surface area contributed by atoms with Gasteiger partial charge in [-0.15, -0.1) is 0 Å². The van der Waals surface area contributed by atoms with Crippen LogP contribution in [0.3, 0.4) is 0 Å². The van der Waals surface area contributed by atoms with Gasteiger partial charge in [-0.25, -0.2) is 0 Å². The van der Waals surface area contributed by atoms with Crippen LogP contribution in [0.2, 0.25) is 0 Å². The third-order valence-electron chi connectivity index (χ3n) is 8.20. The van der Waals surface area contributed by atoms with Crippen LogP contribution in [-0.4, -0.2) is 79.9 Å². The van der Waals surface area contributed by atoms with E-state index in [1.165, 1.54) is 5.56 Å². The van der Waals surface area contributed by atoms with Gasteiger partial charge in [0, 0.05) is 33.1 Å². The fourth-order valence-corrected chi connectivity index (χ4v) is 5.87. The monoisotopic (exact) mass is 455 g/mol. The number of para-hydroxylation sites is 1. The molecule has 2 fully saturated rings. The van der Waals surface area contributed by atoms with Crippen LogP contribution in [0.4, 0.5) is 0 Å². The number of nitrogens with zero attached hydrogens (tertiary/aromatic N) is 3. The highest BCUT2D eigenvalue weighted by Gasteiger charge is 2.38. The number of benzene rings is 1. The third kappa shape index (κ3) is 6.28. The quantitative estimate of drug-likeness (QED) is 0.684. The summed E-state index contributed by atoms with van der Waals surface area (Å²) >= 11 is 0. The Kier molecular flexibility index (Phi) is 7.94. The molecule has 0 saturated carbocycles. The Bertz CT molecular complexity index is 811. The van der Waals surface area contributed by atoms with Crippen molar-refractivity contribution in [3.05, 3.63) is 29.8 Å². The van der Waals surface area contributed by atoms with Crippen molar-refractivity contribution in [2.24, 2.45) is 11.3 Å². The van der Waals surface area contributed by atoms with E-state index in [9.17, 15) is 9.59 Å². The second kappa shape index (κ2) is 10.9. The zero-order valence-corrected chi connectivity index (χ0v) is 20.6. The van der Waals surface area contributed by atoms with E-state index in [1.807, 2.05) is 30.1 Å². The average Bonchev–Trinajstić information content (AvgIpc) is 2.82. The van der Waals surface area contributed by atoms with E-state index >= 15 is 0 Å². The molecule has 0 aliphatic carbocycles. The molecule has 2 saturated heterocycles. The van der Waals surface area contributed by atoms with Crippen molar-refractivity contribution >= 4 is 11.8 Å². The first-order valence-corrected chi connectivity index (χ1v) is 12.9. The number of hydrogen-bond acceptors (Lipinski definition) is 4. The number of likely N-dealkylation sites (N-methyl/N-ethyl adjacent to an activating group) is 1. The lowest BCUT2D eigenvalue weighted by Gasteiger charge is -2.44. The van der Waals surface area contributed by atoms with Crippen LogP contribution in [0.1, 0.15) is 56.9 Å². The molecule has 1 spiro atoms. The van der Waals surface area contributed by atoms with Gasteiger partial charge in [-0.3, -0.25) is 9.59 Å². The molecular weight excluding hydrogens is 414 g/mol. The molecule has 4 rings (SSSR count). The maximum absolute atomic E-state index is 13.0. The van der Waals surface area contributed by atoms with Gasteiger partial charge in [-0.1, -0.05) is 24.6 Å². The van der Waals surface area contributed by atoms with Crippen LogP contribution < -0.4 is 4.74 Å². The maximum atomic E-state index is 13.0. The van der Waals surface area contributed by atoms with Crippen molar-refractivity contribution in [1.82, 2.24) is 14.7 Å². The Morgan fingerprint density at radius 2 is 1.76 bits per heavy atom. The van der Waals surface area contributed by atoms with Gasteiger partial charge in [0.05, 0.1) is 0 Å². The third-order valence-corrected chi connectivity index (χ3v) is 8.20. The van der Waals surface area contributed by atoms with Crippen molar-refractivity contribution in [2.75, 3.05) is 53.4 Å². The molecule has 0 unspecified atom stereocenters. The van der Waals surface area contributed by atoms with Crippen molar-refractivity contribution in [3.63, 3.8) is 0 Å². The molecule has 3 aliphatic heterocycles. The zero-order valence-electron chi connectivity index (χ0n) is 20.6. The number of carbonyl (C=O) groups excluding carboxylic acids is 2. The Morgan fingerprint density at radius 3 is 2.52 bits per heavy atom. The second-order valence-electron chi connectivity index (χ2n) is 10.7. The van der Waals surface area contributed by atoms with Gasteiger partial charge in [0.1, 0.15) is 5.75 Å². The van der Waals surface area contributed by atoms with Crippen LogP contribution in [-0.2, 0) is 16.0 Å². The topological polar surface area (TPSA) is 53.1 Å². The second-order valence-corrected chi connectivity index (χ2v) is 10.7. The Hall–Kier alpha value is -2.08. The van der Waals surface area contributed by atoms with Crippen molar-refractivity contribution < 1.29 is 14.3 Å². The molecule has 0 radical (unpaired) electrons. The summed E-state index contributed by atoms with van der Waals surface area (Å²) in [6.07, 6.45) is 9.31. The summed E-state index contributed by atoms with van der Waals surface area (Å²) in [5.74, 6) is 1.75. The lowest BCUT2D eigenvalue weighted by Crippen LogP contribution is -2.49. The van der Waals surface area contributed by atoms with E-state index < -0.39 is 0 Å². The molecule has 6 nitrogen and oxygen atoms in total. The minimum absolute atomic E-state index is 0.0329. The molecule has 0 aromatic heterocycles. The molecule has 1 aromatic rings. The molecule has 182 valence electrons.